The Morgan fingerprint density at radius 3 is 2.73 bits per heavy atom. The molecular weight excluding hydrogens is 430 g/mol. The average Bonchev–Trinajstić information content (AvgIpc) is 3.30. The number of benzene rings is 1. The van der Waals surface area contributed by atoms with Gasteiger partial charge in [0.05, 0.1) is 21.1 Å². The van der Waals surface area contributed by atoms with E-state index in [-0.39, 0.29) is 5.91 Å². The van der Waals surface area contributed by atoms with Crippen LogP contribution >= 0.6 is 38.6 Å². The maximum absolute atomic E-state index is 12.8. The van der Waals surface area contributed by atoms with Crippen molar-refractivity contribution < 1.29 is 4.79 Å². The summed E-state index contributed by atoms with van der Waals surface area (Å²) in [7, 11) is 0. The molecule has 4 nitrogen and oxygen atoms in total. The number of nitrogens with zero attached hydrogens (tertiary/aromatic N) is 1. The van der Waals surface area contributed by atoms with Crippen LogP contribution in [0.5, 0.6) is 0 Å². The fraction of sp³-hybridized carbons (Fsp3) is 0.0526. The van der Waals surface area contributed by atoms with Crippen LogP contribution < -0.4 is 11.1 Å². The number of pyridine rings is 1. The zero-order valence-corrected chi connectivity index (χ0v) is 16.7. The van der Waals surface area contributed by atoms with Gasteiger partial charge in [-0.1, -0.05) is 18.2 Å². The molecule has 1 amide bonds. The Morgan fingerprint density at radius 2 is 2.00 bits per heavy atom. The maximum atomic E-state index is 12.8. The fourth-order valence-electron chi connectivity index (χ4n) is 2.72. The number of halogens is 1. The Bertz CT molecular complexity index is 1090. The monoisotopic (exact) mass is 443 g/mol. The van der Waals surface area contributed by atoms with Gasteiger partial charge >= 0.3 is 0 Å². The Morgan fingerprint density at radius 1 is 1.15 bits per heavy atom. The molecule has 0 saturated heterocycles. The molecule has 0 unspecified atom stereocenters. The second-order valence-electron chi connectivity index (χ2n) is 5.57. The maximum Gasteiger partial charge on any atom is 0.266 e. The molecule has 0 aliphatic heterocycles. The summed E-state index contributed by atoms with van der Waals surface area (Å²) in [5.74, 6) is -0.168. The van der Waals surface area contributed by atoms with Crippen molar-refractivity contribution in [1.29, 1.82) is 0 Å². The molecule has 0 saturated carbocycles. The molecule has 4 aromatic rings. The van der Waals surface area contributed by atoms with E-state index in [1.807, 2.05) is 53.9 Å². The van der Waals surface area contributed by atoms with E-state index in [0.29, 0.717) is 11.4 Å². The Kier molecular flexibility index (Phi) is 4.86. The minimum atomic E-state index is -0.168. The third-order valence-electron chi connectivity index (χ3n) is 3.96. The molecule has 0 atom stereocenters. The summed E-state index contributed by atoms with van der Waals surface area (Å²) in [5.41, 5.74) is 8.42. The van der Waals surface area contributed by atoms with Gasteiger partial charge in [-0.2, -0.15) is 0 Å². The van der Waals surface area contributed by atoms with E-state index in [1.54, 1.807) is 11.3 Å². The van der Waals surface area contributed by atoms with Gasteiger partial charge in [-0.25, -0.2) is 4.98 Å². The quantitative estimate of drug-likeness (QED) is 0.437. The topological polar surface area (TPSA) is 68.0 Å². The Balaban J connectivity index is 1.74. The van der Waals surface area contributed by atoms with Crippen molar-refractivity contribution in [1.82, 2.24) is 4.98 Å². The molecule has 3 N–H and O–H groups in total. The molecule has 0 bridgehead atoms. The molecule has 130 valence electrons. The summed E-state index contributed by atoms with van der Waals surface area (Å²) >= 11 is 6.48. The molecule has 1 aromatic carbocycles. The van der Waals surface area contributed by atoms with Gasteiger partial charge in [0.25, 0.3) is 5.91 Å². The van der Waals surface area contributed by atoms with Crippen molar-refractivity contribution in [2.75, 3.05) is 5.32 Å². The van der Waals surface area contributed by atoms with Crippen LogP contribution in [0, 0.1) is 0 Å². The van der Waals surface area contributed by atoms with Crippen molar-refractivity contribution in [3.05, 3.63) is 68.8 Å². The van der Waals surface area contributed by atoms with E-state index in [1.165, 1.54) is 11.3 Å². The first kappa shape index (κ1) is 17.4. The molecule has 0 aliphatic rings. The standard InChI is InChI=1S/C19H14BrN3OS2/c20-13-4-1-2-5-14(13)22-18(24)17-12(10-21)11-7-8-15(23-19(11)26-17)16-6-3-9-25-16/h1-9H,10,21H2,(H,22,24). The van der Waals surface area contributed by atoms with Crippen molar-refractivity contribution in [3.63, 3.8) is 0 Å². The molecular formula is C19H14BrN3OS2. The van der Waals surface area contributed by atoms with E-state index < -0.39 is 0 Å². The van der Waals surface area contributed by atoms with E-state index >= 15 is 0 Å². The predicted octanol–water partition coefficient (Wildman–Crippen LogP) is 5.50. The summed E-state index contributed by atoms with van der Waals surface area (Å²) in [6.07, 6.45) is 0. The zero-order chi connectivity index (χ0) is 18.1. The summed E-state index contributed by atoms with van der Waals surface area (Å²) in [4.78, 5) is 20.1. The Hall–Kier alpha value is -2.06. The average molecular weight is 444 g/mol. The summed E-state index contributed by atoms with van der Waals surface area (Å²) in [6.45, 7) is 0.290. The lowest BCUT2D eigenvalue weighted by molar-refractivity contribution is 0.103. The minimum Gasteiger partial charge on any atom is -0.326 e. The molecule has 7 heteroatoms. The van der Waals surface area contributed by atoms with Gasteiger partial charge in [0.15, 0.2) is 0 Å². The number of nitrogens with one attached hydrogen (secondary N) is 1. The van der Waals surface area contributed by atoms with Crippen LogP contribution in [0.3, 0.4) is 0 Å². The Labute approximate surface area is 166 Å². The first-order chi connectivity index (χ1) is 12.7. The van der Waals surface area contributed by atoms with Crippen LogP contribution in [0.2, 0.25) is 0 Å². The number of amides is 1. The summed E-state index contributed by atoms with van der Waals surface area (Å²) in [6, 6.07) is 15.5. The number of fused-ring (bicyclic) bond motifs is 1. The highest BCUT2D eigenvalue weighted by Gasteiger charge is 2.19. The van der Waals surface area contributed by atoms with Gasteiger partial charge in [0, 0.05) is 16.4 Å². The molecule has 0 fully saturated rings. The normalized spacial score (nSPS) is 11.0. The number of carbonyl (C=O) groups is 1. The van der Waals surface area contributed by atoms with Crippen LogP contribution in [0.15, 0.2) is 58.4 Å². The van der Waals surface area contributed by atoms with E-state index in [9.17, 15) is 4.79 Å². The lowest BCUT2D eigenvalue weighted by Crippen LogP contribution is -2.13. The van der Waals surface area contributed by atoms with Gasteiger partial charge in [-0.05, 0) is 57.2 Å². The van der Waals surface area contributed by atoms with Crippen LogP contribution in [0.25, 0.3) is 20.8 Å². The molecule has 4 rings (SSSR count). The third-order valence-corrected chi connectivity index (χ3v) is 6.69. The second-order valence-corrected chi connectivity index (χ2v) is 8.38. The van der Waals surface area contributed by atoms with E-state index in [2.05, 4.69) is 21.2 Å². The van der Waals surface area contributed by atoms with Crippen molar-refractivity contribution >= 4 is 60.4 Å². The van der Waals surface area contributed by atoms with E-state index in [4.69, 9.17) is 10.7 Å². The lowest BCUT2D eigenvalue weighted by atomic mass is 10.1. The van der Waals surface area contributed by atoms with Crippen LogP contribution in [0.4, 0.5) is 5.69 Å². The van der Waals surface area contributed by atoms with Gasteiger partial charge in [-0.3, -0.25) is 4.79 Å². The van der Waals surface area contributed by atoms with Gasteiger partial charge in [0.2, 0.25) is 0 Å². The third kappa shape index (κ3) is 3.19. The SMILES string of the molecule is NCc1c(C(=O)Nc2ccccc2Br)sc2nc(-c3cccs3)ccc12. The second kappa shape index (κ2) is 7.28. The number of para-hydroxylation sites is 1. The first-order valence-electron chi connectivity index (χ1n) is 7.89. The van der Waals surface area contributed by atoms with Crippen LogP contribution in [-0.2, 0) is 6.54 Å². The fourth-order valence-corrected chi connectivity index (χ4v) is 4.90. The number of thiophene rings is 2. The molecule has 3 heterocycles. The van der Waals surface area contributed by atoms with Gasteiger partial charge in [0.1, 0.15) is 4.83 Å². The summed E-state index contributed by atoms with van der Waals surface area (Å²) in [5, 5.41) is 5.91. The van der Waals surface area contributed by atoms with Crippen molar-refractivity contribution in [2.45, 2.75) is 6.54 Å². The van der Waals surface area contributed by atoms with E-state index in [0.717, 1.165) is 36.5 Å². The predicted molar refractivity (Wildman–Crippen MR) is 113 cm³/mol. The lowest BCUT2D eigenvalue weighted by Gasteiger charge is -2.07. The number of nitrogens with two attached hydrogens (primary N) is 1. The highest BCUT2D eigenvalue weighted by molar-refractivity contribution is 9.10. The van der Waals surface area contributed by atoms with Crippen LogP contribution in [-0.4, -0.2) is 10.9 Å². The van der Waals surface area contributed by atoms with Crippen molar-refractivity contribution in [3.8, 4) is 10.6 Å². The summed E-state index contributed by atoms with van der Waals surface area (Å²) < 4.78 is 0.835. The number of hydrogen-bond donors (Lipinski definition) is 2. The molecule has 26 heavy (non-hydrogen) atoms. The molecule has 0 radical (unpaired) electrons. The smallest absolute Gasteiger partial charge is 0.266 e. The number of rotatable bonds is 4. The highest BCUT2D eigenvalue weighted by Crippen LogP contribution is 2.34. The highest BCUT2D eigenvalue weighted by atomic mass is 79.9. The number of anilines is 1. The molecule has 0 aliphatic carbocycles. The van der Waals surface area contributed by atoms with Gasteiger partial charge < -0.3 is 11.1 Å². The van der Waals surface area contributed by atoms with Crippen molar-refractivity contribution in [2.24, 2.45) is 5.73 Å². The molecule has 0 spiro atoms. The zero-order valence-electron chi connectivity index (χ0n) is 13.5. The number of carbonyl (C=O) groups excluding carboxylic acids is 1. The molecule has 3 aromatic heterocycles. The van der Waals surface area contributed by atoms with Gasteiger partial charge in [-0.15, -0.1) is 22.7 Å². The largest absolute Gasteiger partial charge is 0.326 e. The van der Waals surface area contributed by atoms with Crippen LogP contribution in [0.1, 0.15) is 15.2 Å². The number of hydrogen-bond acceptors (Lipinski definition) is 5. The first-order valence-corrected chi connectivity index (χ1v) is 10.4. The minimum absolute atomic E-state index is 0.168. The number of aromatic nitrogens is 1.